The highest BCUT2D eigenvalue weighted by Gasteiger charge is 2.12. The molecular formula is C21H19ClN2O2. The lowest BCUT2D eigenvalue weighted by Gasteiger charge is -2.10. The molecule has 0 fully saturated rings. The lowest BCUT2D eigenvalue weighted by atomic mass is 10.0. The van der Waals surface area contributed by atoms with Crippen molar-refractivity contribution in [2.75, 3.05) is 12.4 Å². The smallest absolute Gasteiger partial charge is 0.266 e. The Labute approximate surface area is 158 Å². The van der Waals surface area contributed by atoms with Crippen LogP contribution in [0.25, 0.3) is 6.08 Å². The van der Waals surface area contributed by atoms with Crippen LogP contribution in [0.15, 0.2) is 54.6 Å². The number of amides is 1. The number of ether oxygens (including phenoxy) is 1. The summed E-state index contributed by atoms with van der Waals surface area (Å²) in [5, 5.41) is 12.7. The van der Waals surface area contributed by atoms with Gasteiger partial charge in [0.25, 0.3) is 5.91 Å². The predicted molar refractivity (Wildman–Crippen MR) is 105 cm³/mol. The first-order valence-electron chi connectivity index (χ1n) is 7.96. The summed E-state index contributed by atoms with van der Waals surface area (Å²) in [5.74, 6) is 0.249. The quantitative estimate of drug-likeness (QED) is 0.448. The minimum absolute atomic E-state index is 0.000838. The van der Waals surface area contributed by atoms with Crippen molar-refractivity contribution >= 4 is 29.3 Å². The number of benzene rings is 2. The average Bonchev–Trinajstić information content (AvgIpc) is 2.64. The number of hydrogen-bond acceptors (Lipinski definition) is 3. The normalized spacial score (nSPS) is 10.8. The molecule has 0 saturated carbocycles. The number of methoxy groups -OCH3 is 1. The van der Waals surface area contributed by atoms with Gasteiger partial charge < -0.3 is 10.1 Å². The van der Waals surface area contributed by atoms with Crippen LogP contribution in [-0.2, 0) is 11.2 Å². The summed E-state index contributed by atoms with van der Waals surface area (Å²) < 4.78 is 5.31. The fraction of sp³-hybridized carbons (Fsp3) is 0.143. The van der Waals surface area contributed by atoms with E-state index < -0.39 is 5.91 Å². The Hall–Kier alpha value is -3.03. The van der Waals surface area contributed by atoms with Crippen LogP contribution >= 0.6 is 11.6 Å². The van der Waals surface area contributed by atoms with Crippen LogP contribution in [-0.4, -0.2) is 13.0 Å². The lowest BCUT2D eigenvalue weighted by Crippen LogP contribution is -2.14. The summed E-state index contributed by atoms with van der Waals surface area (Å²) in [5.41, 5.74) is 2.99. The molecule has 26 heavy (non-hydrogen) atoms. The van der Waals surface area contributed by atoms with Gasteiger partial charge >= 0.3 is 0 Å². The maximum absolute atomic E-state index is 12.5. The first kappa shape index (κ1) is 19.3. The van der Waals surface area contributed by atoms with Gasteiger partial charge in [0.05, 0.1) is 7.11 Å². The van der Waals surface area contributed by atoms with Gasteiger partial charge in [-0.05, 0) is 60.4 Å². The van der Waals surface area contributed by atoms with Crippen LogP contribution in [0.4, 0.5) is 5.69 Å². The Balaban J connectivity index is 2.31. The second kappa shape index (κ2) is 8.89. The molecule has 1 N–H and O–H groups in total. The van der Waals surface area contributed by atoms with Crippen molar-refractivity contribution in [2.24, 2.45) is 0 Å². The van der Waals surface area contributed by atoms with Crippen molar-refractivity contribution in [1.29, 1.82) is 5.26 Å². The van der Waals surface area contributed by atoms with E-state index >= 15 is 0 Å². The van der Waals surface area contributed by atoms with Gasteiger partial charge in [0.2, 0.25) is 0 Å². The van der Waals surface area contributed by atoms with E-state index in [1.807, 2.05) is 12.1 Å². The fourth-order valence-electron chi connectivity index (χ4n) is 2.45. The van der Waals surface area contributed by atoms with Gasteiger partial charge in [-0.15, -0.1) is 6.58 Å². The Morgan fingerprint density at radius 1 is 1.38 bits per heavy atom. The fourth-order valence-corrected chi connectivity index (χ4v) is 2.63. The summed E-state index contributed by atoms with van der Waals surface area (Å²) in [6, 6.07) is 12.6. The van der Waals surface area contributed by atoms with Crippen LogP contribution in [0, 0.1) is 18.3 Å². The van der Waals surface area contributed by atoms with Crippen LogP contribution in [0.3, 0.4) is 0 Å². The molecule has 2 aromatic rings. The zero-order chi connectivity index (χ0) is 19.1. The minimum Gasteiger partial charge on any atom is -0.496 e. The molecule has 0 saturated heterocycles. The molecule has 0 bridgehead atoms. The third-order valence-electron chi connectivity index (χ3n) is 3.86. The molecule has 0 aliphatic rings. The monoisotopic (exact) mass is 366 g/mol. The Morgan fingerprint density at radius 3 is 2.81 bits per heavy atom. The second-order valence-electron chi connectivity index (χ2n) is 5.60. The molecule has 0 unspecified atom stereocenters. The van der Waals surface area contributed by atoms with Crippen molar-refractivity contribution < 1.29 is 9.53 Å². The molecule has 2 aromatic carbocycles. The van der Waals surface area contributed by atoms with Crippen molar-refractivity contribution in [1.82, 2.24) is 0 Å². The van der Waals surface area contributed by atoms with E-state index in [2.05, 4.69) is 11.9 Å². The highest BCUT2D eigenvalue weighted by Crippen LogP contribution is 2.24. The summed E-state index contributed by atoms with van der Waals surface area (Å²) in [7, 11) is 1.60. The number of rotatable bonds is 6. The molecular weight excluding hydrogens is 348 g/mol. The first-order valence-corrected chi connectivity index (χ1v) is 8.34. The SMILES string of the molecule is C=CCc1cc(/C=C(/C#N)C(=O)Nc2cccc(Cl)c2C)ccc1OC. The van der Waals surface area contributed by atoms with Gasteiger partial charge in [-0.25, -0.2) is 0 Å². The number of carbonyl (C=O) groups excluding carboxylic acids is 1. The number of anilines is 1. The molecule has 0 aliphatic carbocycles. The van der Waals surface area contributed by atoms with Crippen LogP contribution in [0.2, 0.25) is 5.02 Å². The number of nitrogens with one attached hydrogen (secondary N) is 1. The lowest BCUT2D eigenvalue weighted by molar-refractivity contribution is -0.112. The van der Waals surface area contributed by atoms with E-state index in [4.69, 9.17) is 16.3 Å². The van der Waals surface area contributed by atoms with Gasteiger partial charge in [-0.3, -0.25) is 4.79 Å². The van der Waals surface area contributed by atoms with E-state index in [-0.39, 0.29) is 5.57 Å². The van der Waals surface area contributed by atoms with E-state index in [9.17, 15) is 10.1 Å². The highest BCUT2D eigenvalue weighted by molar-refractivity contribution is 6.31. The highest BCUT2D eigenvalue weighted by atomic mass is 35.5. The summed E-state index contributed by atoms with van der Waals surface area (Å²) in [6.45, 7) is 5.53. The van der Waals surface area contributed by atoms with E-state index in [0.717, 1.165) is 22.4 Å². The molecule has 0 heterocycles. The van der Waals surface area contributed by atoms with Crippen LogP contribution in [0.5, 0.6) is 5.75 Å². The largest absolute Gasteiger partial charge is 0.496 e. The molecule has 0 aliphatic heterocycles. The Bertz CT molecular complexity index is 911. The molecule has 0 aromatic heterocycles. The zero-order valence-corrected chi connectivity index (χ0v) is 15.4. The topological polar surface area (TPSA) is 62.1 Å². The van der Waals surface area contributed by atoms with Gasteiger partial charge in [-0.1, -0.05) is 29.8 Å². The number of nitrogens with zero attached hydrogens (tertiary/aromatic N) is 1. The average molecular weight is 367 g/mol. The van der Waals surface area contributed by atoms with Crippen molar-refractivity contribution in [2.45, 2.75) is 13.3 Å². The number of nitriles is 1. The second-order valence-corrected chi connectivity index (χ2v) is 6.01. The van der Waals surface area contributed by atoms with E-state index in [1.54, 1.807) is 56.5 Å². The third kappa shape index (κ3) is 4.53. The van der Waals surface area contributed by atoms with Crippen molar-refractivity contribution in [3.05, 3.63) is 76.3 Å². The van der Waals surface area contributed by atoms with Gasteiger partial charge in [-0.2, -0.15) is 5.26 Å². The van der Waals surface area contributed by atoms with E-state index in [0.29, 0.717) is 17.1 Å². The summed E-state index contributed by atoms with van der Waals surface area (Å²) in [6.07, 6.45) is 3.94. The molecule has 5 heteroatoms. The van der Waals surface area contributed by atoms with Gasteiger partial charge in [0, 0.05) is 10.7 Å². The predicted octanol–water partition coefficient (Wildman–Crippen LogP) is 4.93. The van der Waals surface area contributed by atoms with Gasteiger partial charge in [0.15, 0.2) is 0 Å². The number of carbonyl (C=O) groups is 1. The van der Waals surface area contributed by atoms with Crippen molar-refractivity contribution in [3.8, 4) is 11.8 Å². The maximum atomic E-state index is 12.5. The first-order chi connectivity index (χ1) is 12.5. The Kier molecular flexibility index (Phi) is 6.60. The number of halogens is 1. The minimum atomic E-state index is -0.487. The zero-order valence-electron chi connectivity index (χ0n) is 14.7. The summed E-state index contributed by atoms with van der Waals surface area (Å²) in [4.78, 5) is 12.5. The van der Waals surface area contributed by atoms with E-state index in [1.165, 1.54) is 0 Å². The standard InChI is InChI=1S/C21H19ClN2O2/c1-4-6-16-11-15(9-10-20(16)26-3)12-17(13-23)21(25)24-19-8-5-7-18(22)14(19)2/h4-5,7-12H,1,6H2,2-3H3,(H,24,25)/b17-12-. The van der Waals surface area contributed by atoms with Crippen molar-refractivity contribution in [3.63, 3.8) is 0 Å². The molecule has 2 rings (SSSR count). The molecule has 0 spiro atoms. The third-order valence-corrected chi connectivity index (χ3v) is 4.27. The van der Waals surface area contributed by atoms with Gasteiger partial charge in [0.1, 0.15) is 17.4 Å². The maximum Gasteiger partial charge on any atom is 0.266 e. The Morgan fingerprint density at radius 2 is 2.15 bits per heavy atom. The molecule has 4 nitrogen and oxygen atoms in total. The molecule has 1 amide bonds. The van der Waals surface area contributed by atoms with Crippen LogP contribution in [0.1, 0.15) is 16.7 Å². The molecule has 132 valence electrons. The van der Waals surface area contributed by atoms with Crippen LogP contribution < -0.4 is 10.1 Å². The number of hydrogen-bond donors (Lipinski definition) is 1. The summed E-state index contributed by atoms with van der Waals surface area (Å²) >= 11 is 6.07. The number of allylic oxidation sites excluding steroid dienone is 1. The molecule has 0 radical (unpaired) electrons. The molecule has 0 atom stereocenters.